The molecule has 26 heavy (non-hydrogen) atoms. The lowest BCUT2D eigenvalue weighted by Crippen LogP contribution is -2.11. The predicted octanol–water partition coefficient (Wildman–Crippen LogP) is 4.01. The van der Waals surface area contributed by atoms with Gasteiger partial charge in [-0.25, -0.2) is 4.98 Å². The number of aryl methyl sites for hydroxylation is 1. The fraction of sp³-hybridized carbons (Fsp3) is 0.188. The molecule has 6 nitrogen and oxygen atoms in total. The maximum absolute atomic E-state index is 12.5. The summed E-state index contributed by atoms with van der Waals surface area (Å²) in [4.78, 5) is 19.9. The summed E-state index contributed by atoms with van der Waals surface area (Å²) in [5, 5.41) is 14.7. The first-order chi connectivity index (χ1) is 12.3. The van der Waals surface area contributed by atoms with Gasteiger partial charge in [0.05, 0.1) is 6.07 Å². The number of carbonyl (C=O) groups excluding carboxylic acids is 1. The lowest BCUT2D eigenvalue weighted by Gasteiger charge is -2.05. The first-order valence-electron chi connectivity index (χ1n) is 7.17. The number of hydrogen-bond donors (Lipinski definition) is 0. The highest BCUT2D eigenvalue weighted by molar-refractivity contribution is 7.10. The first kappa shape index (κ1) is 17.8. The molecule has 0 amide bonds. The summed E-state index contributed by atoms with van der Waals surface area (Å²) in [5.41, 5.74) is 1.19. The third kappa shape index (κ3) is 3.48. The van der Waals surface area contributed by atoms with Crippen molar-refractivity contribution in [2.75, 3.05) is 0 Å². The first-order valence-corrected chi connectivity index (χ1v) is 8.04. The number of Topliss-reactive ketones (excluding diaryl/α,β-unsaturated/α-hetero) is 1. The van der Waals surface area contributed by atoms with E-state index in [-0.39, 0.29) is 17.0 Å². The minimum absolute atomic E-state index is 0.229. The van der Waals surface area contributed by atoms with Crippen LogP contribution in [-0.4, -0.2) is 20.9 Å². The summed E-state index contributed by atoms with van der Waals surface area (Å²) in [6.07, 6.45) is -4.73. The second-order valence-electron chi connectivity index (χ2n) is 5.25. The third-order valence-electron chi connectivity index (χ3n) is 3.37. The molecular weight excluding hydrogens is 369 g/mol. The van der Waals surface area contributed by atoms with E-state index in [0.717, 1.165) is 0 Å². The lowest BCUT2D eigenvalue weighted by atomic mass is 9.98. The molecule has 1 atom stereocenters. The third-order valence-corrected chi connectivity index (χ3v) is 4.40. The Labute approximate surface area is 148 Å². The monoisotopic (exact) mass is 378 g/mol. The van der Waals surface area contributed by atoms with Crippen LogP contribution in [0.3, 0.4) is 0 Å². The van der Waals surface area contributed by atoms with E-state index in [0.29, 0.717) is 10.7 Å². The van der Waals surface area contributed by atoms with Crippen LogP contribution in [0.4, 0.5) is 13.2 Å². The Bertz CT molecular complexity index is 986. The number of aromatic nitrogens is 3. The molecule has 0 aliphatic heterocycles. The number of nitriles is 1. The van der Waals surface area contributed by atoms with Crippen molar-refractivity contribution in [3.05, 3.63) is 51.8 Å². The summed E-state index contributed by atoms with van der Waals surface area (Å²) in [7, 11) is 0. The van der Waals surface area contributed by atoms with Gasteiger partial charge >= 0.3 is 12.1 Å². The number of benzene rings is 1. The van der Waals surface area contributed by atoms with Gasteiger partial charge in [-0.1, -0.05) is 29.4 Å². The summed E-state index contributed by atoms with van der Waals surface area (Å²) in [5.74, 6) is -3.18. The van der Waals surface area contributed by atoms with E-state index in [2.05, 4.69) is 19.6 Å². The quantitative estimate of drug-likeness (QED) is 0.637. The lowest BCUT2D eigenvalue weighted by molar-refractivity contribution is -0.159. The highest BCUT2D eigenvalue weighted by atomic mass is 32.1. The van der Waals surface area contributed by atoms with Crippen LogP contribution in [-0.2, 0) is 6.18 Å². The van der Waals surface area contributed by atoms with Crippen LogP contribution in [0, 0.1) is 18.3 Å². The summed E-state index contributed by atoms with van der Waals surface area (Å²) < 4.78 is 41.7. The number of nitrogens with zero attached hydrogens (tertiary/aromatic N) is 4. The van der Waals surface area contributed by atoms with Gasteiger partial charge in [-0.2, -0.15) is 23.4 Å². The number of hydrogen-bond acceptors (Lipinski definition) is 7. The number of ketones is 1. The van der Waals surface area contributed by atoms with Gasteiger partial charge in [0.1, 0.15) is 5.01 Å². The molecule has 0 aliphatic rings. The Balaban J connectivity index is 1.84. The summed E-state index contributed by atoms with van der Waals surface area (Å²) >= 11 is 1.22. The molecule has 0 saturated heterocycles. The van der Waals surface area contributed by atoms with Crippen LogP contribution < -0.4 is 0 Å². The van der Waals surface area contributed by atoms with Crippen molar-refractivity contribution >= 4 is 17.1 Å². The Morgan fingerprint density at radius 2 is 1.96 bits per heavy atom. The minimum Gasteiger partial charge on any atom is -0.329 e. The molecule has 1 aromatic carbocycles. The molecule has 0 saturated carbocycles. The van der Waals surface area contributed by atoms with Gasteiger partial charge in [0.2, 0.25) is 5.82 Å². The molecule has 2 heterocycles. The van der Waals surface area contributed by atoms with E-state index in [1.54, 1.807) is 12.3 Å². The van der Waals surface area contributed by atoms with Crippen molar-refractivity contribution in [2.45, 2.75) is 19.0 Å². The highest BCUT2D eigenvalue weighted by Gasteiger charge is 2.38. The molecular formula is C16H9F3N4O2S. The van der Waals surface area contributed by atoms with Crippen LogP contribution in [0.5, 0.6) is 0 Å². The topological polar surface area (TPSA) is 92.7 Å². The number of rotatable bonds is 4. The van der Waals surface area contributed by atoms with Gasteiger partial charge in [-0.05, 0) is 6.92 Å². The maximum Gasteiger partial charge on any atom is 0.471 e. The molecule has 132 valence electrons. The van der Waals surface area contributed by atoms with E-state index in [1.165, 1.54) is 35.6 Å². The molecule has 0 aliphatic carbocycles. The van der Waals surface area contributed by atoms with Crippen molar-refractivity contribution in [3.63, 3.8) is 0 Å². The van der Waals surface area contributed by atoms with E-state index in [4.69, 9.17) is 0 Å². The van der Waals surface area contributed by atoms with Crippen molar-refractivity contribution in [1.29, 1.82) is 5.26 Å². The second kappa shape index (κ2) is 6.68. The van der Waals surface area contributed by atoms with Crippen LogP contribution in [0.25, 0.3) is 11.4 Å². The Kier molecular flexibility index (Phi) is 4.56. The number of thiazole rings is 1. The van der Waals surface area contributed by atoms with Crippen LogP contribution in [0.1, 0.15) is 32.9 Å². The molecule has 0 radical (unpaired) electrons. The molecule has 0 spiro atoms. The molecule has 1 unspecified atom stereocenters. The van der Waals surface area contributed by atoms with Crippen LogP contribution in [0.2, 0.25) is 0 Å². The van der Waals surface area contributed by atoms with Gasteiger partial charge in [-0.3, -0.25) is 4.79 Å². The van der Waals surface area contributed by atoms with Crippen LogP contribution >= 0.6 is 11.3 Å². The molecule has 10 heteroatoms. The molecule has 0 bridgehead atoms. The van der Waals surface area contributed by atoms with E-state index in [1.807, 2.05) is 6.07 Å². The van der Waals surface area contributed by atoms with Gasteiger partial charge in [0.25, 0.3) is 0 Å². The molecule has 2 aromatic heterocycles. The fourth-order valence-electron chi connectivity index (χ4n) is 2.14. The zero-order chi connectivity index (χ0) is 18.9. The Hall–Kier alpha value is -3.06. The van der Waals surface area contributed by atoms with Crippen LogP contribution in [0.15, 0.2) is 34.2 Å². The molecule has 0 fully saturated rings. The standard InChI is InChI=1S/C16H9F3N4O2S/c1-8-7-26-14(21-8)11(6-20)12(24)9-2-4-10(5-3-9)13-22-15(25-23-13)16(17,18)19/h2-5,7,11H,1H3. The normalized spacial score (nSPS) is 12.6. The summed E-state index contributed by atoms with van der Waals surface area (Å²) in [6, 6.07) is 7.50. The smallest absolute Gasteiger partial charge is 0.329 e. The van der Waals surface area contributed by atoms with Gasteiger partial charge in [0, 0.05) is 22.2 Å². The molecule has 3 aromatic rings. The SMILES string of the molecule is Cc1csc(C(C#N)C(=O)c2ccc(-c3noc(C(F)(F)F)n3)cc2)n1. The maximum atomic E-state index is 12.5. The number of carbonyl (C=O) groups is 1. The van der Waals surface area contributed by atoms with E-state index >= 15 is 0 Å². The predicted molar refractivity (Wildman–Crippen MR) is 84.3 cm³/mol. The second-order valence-corrected chi connectivity index (χ2v) is 6.14. The summed E-state index contributed by atoms with van der Waals surface area (Å²) in [6.45, 7) is 1.76. The Morgan fingerprint density at radius 3 is 2.46 bits per heavy atom. The zero-order valence-electron chi connectivity index (χ0n) is 13.1. The average Bonchev–Trinajstić information content (AvgIpc) is 3.25. The van der Waals surface area contributed by atoms with E-state index in [9.17, 15) is 23.2 Å². The van der Waals surface area contributed by atoms with Gasteiger partial charge < -0.3 is 4.52 Å². The highest BCUT2D eigenvalue weighted by Crippen LogP contribution is 2.30. The van der Waals surface area contributed by atoms with Crippen molar-refractivity contribution in [3.8, 4) is 17.5 Å². The van der Waals surface area contributed by atoms with Gasteiger partial charge in [-0.15, -0.1) is 11.3 Å². The van der Waals surface area contributed by atoms with Crippen molar-refractivity contribution in [2.24, 2.45) is 0 Å². The van der Waals surface area contributed by atoms with Crippen molar-refractivity contribution in [1.82, 2.24) is 15.1 Å². The zero-order valence-corrected chi connectivity index (χ0v) is 13.9. The van der Waals surface area contributed by atoms with E-state index < -0.39 is 23.8 Å². The largest absolute Gasteiger partial charge is 0.471 e. The molecule has 3 rings (SSSR count). The molecule has 0 N–H and O–H groups in total. The van der Waals surface area contributed by atoms with Crippen molar-refractivity contribution < 1.29 is 22.5 Å². The average molecular weight is 378 g/mol. The number of halogens is 3. The fourth-order valence-corrected chi connectivity index (χ4v) is 2.97. The number of alkyl halides is 3. The minimum atomic E-state index is -4.73. The van der Waals surface area contributed by atoms with Gasteiger partial charge in [0.15, 0.2) is 11.7 Å². The Morgan fingerprint density at radius 1 is 1.27 bits per heavy atom.